The zero-order valence-electron chi connectivity index (χ0n) is 11.7. The molecule has 1 aliphatic rings. The van der Waals surface area contributed by atoms with Crippen LogP contribution in [0, 0.1) is 19.8 Å². The van der Waals surface area contributed by atoms with Gasteiger partial charge in [-0.1, -0.05) is 36.4 Å². The highest BCUT2D eigenvalue weighted by Gasteiger charge is 2.32. The molecule has 1 heteroatoms. The summed E-state index contributed by atoms with van der Waals surface area (Å²) in [5.41, 5.74) is 5.30. The Morgan fingerprint density at radius 1 is 0.947 bits per heavy atom. The fraction of sp³-hybridized carbons (Fsp3) is 0.333. The number of nitrogens with one attached hydrogen (secondary N) is 1. The molecule has 19 heavy (non-hydrogen) atoms. The van der Waals surface area contributed by atoms with Crippen molar-refractivity contribution in [2.45, 2.75) is 32.7 Å². The number of hydrogen-bond donors (Lipinski definition) is 1. The Balaban J connectivity index is 1.86. The van der Waals surface area contributed by atoms with Crippen LogP contribution in [0.2, 0.25) is 0 Å². The smallest absolute Gasteiger partial charge is 0.0542 e. The van der Waals surface area contributed by atoms with Crippen molar-refractivity contribution in [1.29, 1.82) is 0 Å². The van der Waals surface area contributed by atoms with Gasteiger partial charge in [-0.2, -0.15) is 0 Å². The molecule has 1 nitrogen and oxygen atoms in total. The summed E-state index contributed by atoms with van der Waals surface area (Å²) < 4.78 is 0. The largest absolute Gasteiger partial charge is 0.378 e. The summed E-state index contributed by atoms with van der Waals surface area (Å²) in [6, 6.07) is 18.0. The molecular weight excluding hydrogens is 230 g/mol. The molecule has 0 spiro atoms. The molecule has 1 aliphatic carbocycles. The Bertz CT molecular complexity index is 535. The van der Waals surface area contributed by atoms with Crippen LogP contribution in [0.1, 0.15) is 35.6 Å². The third kappa shape index (κ3) is 2.98. The van der Waals surface area contributed by atoms with E-state index in [4.69, 9.17) is 0 Å². The van der Waals surface area contributed by atoms with E-state index in [1.54, 1.807) is 0 Å². The van der Waals surface area contributed by atoms with Crippen LogP contribution in [0.5, 0.6) is 0 Å². The third-order valence-corrected chi connectivity index (χ3v) is 3.80. The van der Waals surface area contributed by atoms with Gasteiger partial charge in [-0.25, -0.2) is 0 Å². The van der Waals surface area contributed by atoms with Crippen LogP contribution in [0.3, 0.4) is 0 Å². The quantitative estimate of drug-likeness (QED) is 0.817. The Morgan fingerprint density at radius 2 is 1.58 bits per heavy atom. The van der Waals surface area contributed by atoms with E-state index >= 15 is 0 Å². The van der Waals surface area contributed by atoms with E-state index in [0.29, 0.717) is 6.04 Å². The summed E-state index contributed by atoms with van der Waals surface area (Å²) in [6.45, 7) is 4.32. The fourth-order valence-electron chi connectivity index (χ4n) is 2.80. The SMILES string of the molecule is Cc1cc(C)cc(NC(c2ccccc2)C2CC2)c1. The maximum absolute atomic E-state index is 3.74. The molecule has 0 bridgehead atoms. The summed E-state index contributed by atoms with van der Waals surface area (Å²) in [5.74, 6) is 0.795. The molecule has 0 radical (unpaired) electrons. The highest BCUT2D eigenvalue weighted by molar-refractivity contribution is 5.50. The molecule has 1 fully saturated rings. The van der Waals surface area contributed by atoms with Gasteiger partial charge in [0.15, 0.2) is 0 Å². The van der Waals surface area contributed by atoms with Gasteiger partial charge in [-0.3, -0.25) is 0 Å². The molecule has 0 saturated heterocycles. The molecule has 1 saturated carbocycles. The van der Waals surface area contributed by atoms with Gasteiger partial charge >= 0.3 is 0 Å². The van der Waals surface area contributed by atoms with Gasteiger partial charge in [-0.15, -0.1) is 0 Å². The summed E-state index contributed by atoms with van der Waals surface area (Å²) in [5, 5.41) is 3.74. The van der Waals surface area contributed by atoms with Gasteiger partial charge in [0.25, 0.3) is 0 Å². The molecule has 1 N–H and O–H groups in total. The van der Waals surface area contributed by atoms with Gasteiger partial charge in [0.2, 0.25) is 0 Å². The zero-order valence-corrected chi connectivity index (χ0v) is 11.7. The van der Waals surface area contributed by atoms with Crippen LogP contribution < -0.4 is 5.32 Å². The minimum absolute atomic E-state index is 0.461. The average molecular weight is 251 g/mol. The van der Waals surface area contributed by atoms with E-state index in [9.17, 15) is 0 Å². The molecule has 0 aliphatic heterocycles. The fourth-order valence-corrected chi connectivity index (χ4v) is 2.80. The number of rotatable bonds is 4. The Hall–Kier alpha value is -1.76. The maximum Gasteiger partial charge on any atom is 0.0542 e. The van der Waals surface area contributed by atoms with Crippen molar-refractivity contribution in [3.05, 3.63) is 65.2 Å². The number of anilines is 1. The molecule has 0 aromatic heterocycles. The van der Waals surface area contributed by atoms with E-state index in [0.717, 1.165) is 5.92 Å². The highest BCUT2D eigenvalue weighted by atomic mass is 14.9. The monoisotopic (exact) mass is 251 g/mol. The molecular formula is C18H21N. The molecule has 1 atom stereocenters. The molecule has 98 valence electrons. The lowest BCUT2D eigenvalue weighted by atomic mass is 10.0. The Labute approximate surface area is 115 Å². The van der Waals surface area contributed by atoms with Crippen molar-refractivity contribution in [3.63, 3.8) is 0 Å². The van der Waals surface area contributed by atoms with Crippen LogP contribution in [-0.2, 0) is 0 Å². The lowest BCUT2D eigenvalue weighted by Gasteiger charge is -2.21. The minimum Gasteiger partial charge on any atom is -0.378 e. The van der Waals surface area contributed by atoms with Gasteiger partial charge in [-0.05, 0) is 61.4 Å². The summed E-state index contributed by atoms with van der Waals surface area (Å²) >= 11 is 0. The van der Waals surface area contributed by atoms with E-state index in [1.165, 1.54) is 35.2 Å². The van der Waals surface area contributed by atoms with Crippen LogP contribution >= 0.6 is 0 Å². The standard InChI is InChI=1S/C18H21N/c1-13-10-14(2)12-17(11-13)19-18(16-8-9-16)15-6-4-3-5-7-15/h3-7,10-12,16,18-19H,8-9H2,1-2H3. The van der Waals surface area contributed by atoms with Crippen LogP contribution in [0.4, 0.5) is 5.69 Å². The third-order valence-electron chi connectivity index (χ3n) is 3.80. The highest BCUT2D eigenvalue weighted by Crippen LogP contribution is 2.42. The second-order valence-corrected chi connectivity index (χ2v) is 5.75. The van der Waals surface area contributed by atoms with E-state index < -0.39 is 0 Å². The van der Waals surface area contributed by atoms with Gasteiger partial charge in [0.1, 0.15) is 0 Å². The van der Waals surface area contributed by atoms with E-state index in [-0.39, 0.29) is 0 Å². The number of hydrogen-bond acceptors (Lipinski definition) is 1. The summed E-state index contributed by atoms with van der Waals surface area (Å²) in [4.78, 5) is 0. The van der Waals surface area contributed by atoms with Crippen LogP contribution in [0.25, 0.3) is 0 Å². The molecule has 1 unspecified atom stereocenters. The predicted molar refractivity (Wildman–Crippen MR) is 81.4 cm³/mol. The Kier molecular flexibility index (Phi) is 3.29. The van der Waals surface area contributed by atoms with Crippen molar-refractivity contribution >= 4 is 5.69 Å². The molecule has 2 aromatic rings. The zero-order chi connectivity index (χ0) is 13.2. The average Bonchev–Trinajstić information content (AvgIpc) is 3.20. The second kappa shape index (κ2) is 5.08. The summed E-state index contributed by atoms with van der Waals surface area (Å²) in [7, 11) is 0. The van der Waals surface area contributed by atoms with Crippen molar-refractivity contribution in [3.8, 4) is 0 Å². The van der Waals surface area contributed by atoms with E-state index in [2.05, 4.69) is 67.7 Å². The predicted octanol–water partition coefficient (Wildman–Crippen LogP) is 4.87. The lowest BCUT2D eigenvalue weighted by Crippen LogP contribution is -2.13. The Morgan fingerprint density at radius 3 is 2.16 bits per heavy atom. The number of aryl methyl sites for hydroxylation is 2. The lowest BCUT2D eigenvalue weighted by molar-refractivity contribution is 0.679. The summed E-state index contributed by atoms with van der Waals surface area (Å²) in [6.07, 6.45) is 2.69. The normalized spacial score (nSPS) is 16.1. The molecule has 0 amide bonds. The molecule has 3 rings (SSSR count). The van der Waals surface area contributed by atoms with Crippen LogP contribution in [0.15, 0.2) is 48.5 Å². The van der Waals surface area contributed by atoms with Gasteiger partial charge in [0, 0.05) is 5.69 Å². The first-order valence-corrected chi connectivity index (χ1v) is 7.12. The second-order valence-electron chi connectivity index (χ2n) is 5.75. The maximum atomic E-state index is 3.74. The van der Waals surface area contributed by atoms with Crippen molar-refractivity contribution in [1.82, 2.24) is 0 Å². The van der Waals surface area contributed by atoms with Gasteiger partial charge < -0.3 is 5.32 Å². The first-order valence-electron chi connectivity index (χ1n) is 7.12. The topological polar surface area (TPSA) is 12.0 Å². The van der Waals surface area contributed by atoms with Crippen molar-refractivity contribution in [2.75, 3.05) is 5.32 Å². The number of benzene rings is 2. The van der Waals surface area contributed by atoms with Crippen molar-refractivity contribution in [2.24, 2.45) is 5.92 Å². The van der Waals surface area contributed by atoms with Crippen molar-refractivity contribution < 1.29 is 0 Å². The van der Waals surface area contributed by atoms with E-state index in [1.807, 2.05) is 0 Å². The first-order chi connectivity index (χ1) is 9.22. The minimum atomic E-state index is 0.461. The molecule has 2 aromatic carbocycles. The van der Waals surface area contributed by atoms with Crippen LogP contribution in [-0.4, -0.2) is 0 Å². The van der Waals surface area contributed by atoms with Gasteiger partial charge in [0.05, 0.1) is 6.04 Å². The molecule has 0 heterocycles. The first kappa shape index (κ1) is 12.3.